The van der Waals surface area contributed by atoms with Gasteiger partial charge in [0.2, 0.25) is 6.41 Å². The number of carbonyl (C=O) groups excluding carboxylic acids is 3. The molecule has 0 saturated carbocycles. The molecule has 34 heavy (non-hydrogen) atoms. The summed E-state index contributed by atoms with van der Waals surface area (Å²) in [5, 5.41) is 12.9. The maximum atomic E-state index is 12.4. The Morgan fingerprint density at radius 3 is 2.06 bits per heavy atom. The number of benzene rings is 2. The molecule has 182 valence electrons. The normalized spacial score (nSPS) is 15.6. The van der Waals surface area contributed by atoms with E-state index in [1.165, 1.54) is 0 Å². The Kier molecular flexibility index (Phi) is 8.12. The molecule has 1 aliphatic heterocycles. The van der Waals surface area contributed by atoms with Gasteiger partial charge in [0.1, 0.15) is 29.7 Å². The van der Waals surface area contributed by atoms with Crippen molar-refractivity contribution in [3.63, 3.8) is 0 Å². The molecule has 0 aliphatic carbocycles. The molecule has 1 unspecified atom stereocenters. The van der Waals surface area contributed by atoms with Crippen LogP contribution < -0.4 is 14.8 Å². The highest BCUT2D eigenvalue weighted by Crippen LogP contribution is 2.25. The van der Waals surface area contributed by atoms with Crippen molar-refractivity contribution >= 4 is 18.3 Å². The van der Waals surface area contributed by atoms with E-state index in [2.05, 4.69) is 12.2 Å². The van der Waals surface area contributed by atoms with Crippen LogP contribution in [-0.4, -0.2) is 64.9 Å². The lowest BCUT2D eigenvalue weighted by atomic mass is 10.1. The molecule has 1 atom stereocenters. The molecule has 4 amide bonds. The summed E-state index contributed by atoms with van der Waals surface area (Å²) in [4.78, 5) is 36.7. The first kappa shape index (κ1) is 25.0. The van der Waals surface area contributed by atoms with Crippen LogP contribution in [0.15, 0.2) is 48.5 Å². The van der Waals surface area contributed by atoms with Crippen molar-refractivity contribution in [3.05, 3.63) is 48.5 Å². The number of urea groups is 1. The van der Waals surface area contributed by atoms with Crippen molar-refractivity contribution in [1.82, 2.24) is 15.3 Å². The fraction of sp³-hybridized carbons (Fsp3) is 0.400. The first-order chi connectivity index (χ1) is 16.2. The Hall–Kier alpha value is -3.59. The molecule has 2 N–H and O–H groups in total. The monoisotopic (exact) mass is 469 g/mol. The van der Waals surface area contributed by atoms with Crippen LogP contribution in [0.3, 0.4) is 0 Å². The number of imide groups is 1. The second-order valence-electron chi connectivity index (χ2n) is 8.67. The SMILES string of the molecule is CCCCOc1ccc(-c2ccc(OCC(CN3C(=O)NC(C)(C)C3=O)N(O)C=O)cc2)cc1. The number of hydrogen-bond acceptors (Lipinski definition) is 6. The number of carbonyl (C=O) groups is 3. The second kappa shape index (κ2) is 11.0. The van der Waals surface area contributed by atoms with E-state index >= 15 is 0 Å². The van der Waals surface area contributed by atoms with Crippen molar-refractivity contribution < 1.29 is 29.1 Å². The lowest BCUT2D eigenvalue weighted by molar-refractivity contribution is -0.165. The Bertz CT molecular complexity index is 991. The number of rotatable bonds is 12. The Morgan fingerprint density at radius 1 is 1.03 bits per heavy atom. The third-order valence-corrected chi connectivity index (χ3v) is 5.57. The van der Waals surface area contributed by atoms with E-state index in [0.717, 1.165) is 34.6 Å². The molecule has 9 nitrogen and oxygen atoms in total. The van der Waals surface area contributed by atoms with Gasteiger partial charge in [-0.3, -0.25) is 19.7 Å². The first-order valence-corrected chi connectivity index (χ1v) is 11.3. The molecule has 0 bridgehead atoms. The van der Waals surface area contributed by atoms with Crippen LogP contribution >= 0.6 is 0 Å². The molecule has 0 aromatic heterocycles. The summed E-state index contributed by atoms with van der Waals surface area (Å²) in [5.74, 6) is 0.915. The molecule has 2 aromatic carbocycles. The Labute approximate surface area is 199 Å². The third kappa shape index (κ3) is 6.05. The summed E-state index contributed by atoms with van der Waals surface area (Å²) in [6.07, 6.45) is 2.32. The predicted octanol–water partition coefficient (Wildman–Crippen LogP) is 3.46. The highest BCUT2D eigenvalue weighted by atomic mass is 16.5. The summed E-state index contributed by atoms with van der Waals surface area (Å²) in [6, 6.07) is 13.7. The molecule has 1 heterocycles. The summed E-state index contributed by atoms with van der Waals surface area (Å²) < 4.78 is 11.4. The summed E-state index contributed by atoms with van der Waals surface area (Å²) in [7, 11) is 0. The topological polar surface area (TPSA) is 108 Å². The van der Waals surface area contributed by atoms with Crippen molar-refractivity contribution in [2.24, 2.45) is 0 Å². The maximum Gasteiger partial charge on any atom is 0.325 e. The van der Waals surface area contributed by atoms with Gasteiger partial charge in [-0.2, -0.15) is 0 Å². The second-order valence-corrected chi connectivity index (χ2v) is 8.67. The molecular formula is C25H31N3O6. The summed E-state index contributed by atoms with van der Waals surface area (Å²) in [6.45, 7) is 5.68. The number of nitrogens with one attached hydrogen (secondary N) is 1. The molecule has 0 spiro atoms. The first-order valence-electron chi connectivity index (χ1n) is 11.3. The van der Waals surface area contributed by atoms with Crippen LogP contribution in [0.1, 0.15) is 33.6 Å². The van der Waals surface area contributed by atoms with Gasteiger partial charge in [0, 0.05) is 0 Å². The van der Waals surface area contributed by atoms with Crippen molar-refractivity contribution in [1.29, 1.82) is 0 Å². The molecule has 1 fully saturated rings. The highest BCUT2D eigenvalue weighted by Gasteiger charge is 2.45. The molecule has 1 aliphatic rings. The van der Waals surface area contributed by atoms with Crippen molar-refractivity contribution in [2.45, 2.75) is 45.2 Å². The number of hydrogen-bond donors (Lipinski definition) is 2. The van der Waals surface area contributed by atoms with Gasteiger partial charge in [-0.15, -0.1) is 0 Å². The van der Waals surface area contributed by atoms with Gasteiger partial charge in [0.15, 0.2) is 0 Å². The smallest absolute Gasteiger partial charge is 0.325 e. The molecule has 2 aromatic rings. The number of ether oxygens (including phenoxy) is 2. The minimum absolute atomic E-state index is 0.115. The van der Waals surface area contributed by atoms with Crippen molar-refractivity contribution in [2.75, 3.05) is 19.8 Å². The van der Waals surface area contributed by atoms with Gasteiger partial charge in [0.25, 0.3) is 5.91 Å². The lowest BCUT2D eigenvalue weighted by Gasteiger charge is -2.26. The predicted molar refractivity (Wildman–Crippen MR) is 126 cm³/mol. The van der Waals surface area contributed by atoms with E-state index in [0.29, 0.717) is 17.4 Å². The van der Waals surface area contributed by atoms with Crippen LogP contribution in [-0.2, 0) is 9.59 Å². The molecule has 3 rings (SSSR count). The zero-order valence-electron chi connectivity index (χ0n) is 19.7. The van der Waals surface area contributed by atoms with Crippen LogP contribution in [0.5, 0.6) is 11.5 Å². The Morgan fingerprint density at radius 2 is 1.59 bits per heavy atom. The zero-order chi connectivity index (χ0) is 24.7. The number of unbranched alkanes of at least 4 members (excludes halogenated alkanes) is 1. The van der Waals surface area contributed by atoms with Crippen LogP contribution in [0, 0.1) is 0 Å². The van der Waals surface area contributed by atoms with E-state index in [-0.39, 0.29) is 19.6 Å². The van der Waals surface area contributed by atoms with Gasteiger partial charge in [0.05, 0.1) is 13.2 Å². The van der Waals surface area contributed by atoms with E-state index in [1.807, 2.05) is 36.4 Å². The van der Waals surface area contributed by atoms with Gasteiger partial charge in [-0.1, -0.05) is 37.6 Å². The average molecular weight is 470 g/mol. The van der Waals surface area contributed by atoms with Crippen LogP contribution in [0.4, 0.5) is 4.79 Å². The lowest BCUT2D eigenvalue weighted by Crippen LogP contribution is -2.48. The summed E-state index contributed by atoms with van der Waals surface area (Å²) in [5.41, 5.74) is 0.970. The highest BCUT2D eigenvalue weighted by molar-refractivity contribution is 6.06. The quantitative estimate of drug-likeness (QED) is 0.162. The van der Waals surface area contributed by atoms with E-state index in [1.54, 1.807) is 26.0 Å². The average Bonchev–Trinajstić information content (AvgIpc) is 3.03. The van der Waals surface area contributed by atoms with Gasteiger partial charge >= 0.3 is 6.03 Å². The minimum Gasteiger partial charge on any atom is -0.494 e. The molecular weight excluding hydrogens is 438 g/mol. The fourth-order valence-corrected chi connectivity index (χ4v) is 3.51. The van der Waals surface area contributed by atoms with Gasteiger partial charge < -0.3 is 14.8 Å². The van der Waals surface area contributed by atoms with Gasteiger partial charge in [-0.25, -0.2) is 9.86 Å². The van der Waals surface area contributed by atoms with Crippen molar-refractivity contribution in [3.8, 4) is 22.6 Å². The molecule has 0 radical (unpaired) electrons. The molecule has 9 heteroatoms. The van der Waals surface area contributed by atoms with E-state index in [4.69, 9.17) is 9.47 Å². The zero-order valence-corrected chi connectivity index (χ0v) is 19.7. The largest absolute Gasteiger partial charge is 0.494 e. The summed E-state index contributed by atoms with van der Waals surface area (Å²) >= 11 is 0. The Balaban J connectivity index is 1.60. The van der Waals surface area contributed by atoms with E-state index < -0.39 is 23.5 Å². The van der Waals surface area contributed by atoms with E-state index in [9.17, 15) is 19.6 Å². The van der Waals surface area contributed by atoms with Crippen LogP contribution in [0.25, 0.3) is 11.1 Å². The number of amides is 4. The number of nitrogens with zero attached hydrogens (tertiary/aromatic N) is 2. The molecule has 1 saturated heterocycles. The fourth-order valence-electron chi connectivity index (χ4n) is 3.51. The third-order valence-electron chi connectivity index (χ3n) is 5.57. The van der Waals surface area contributed by atoms with Gasteiger partial charge in [-0.05, 0) is 55.7 Å². The van der Waals surface area contributed by atoms with Crippen LogP contribution in [0.2, 0.25) is 0 Å². The minimum atomic E-state index is -1.04. The maximum absolute atomic E-state index is 12.4. The number of hydroxylamine groups is 2. The standard InChI is InChI=1S/C25H31N3O6/c1-4-5-14-33-21-10-6-18(7-11-21)19-8-12-22(13-9-19)34-16-20(28(32)17-29)15-27-23(30)25(2,3)26-24(27)31/h6-13,17,20,32H,4-5,14-16H2,1-3H3,(H,26,31).